The largest absolute Gasteiger partial charge is 0.394 e. The van der Waals surface area contributed by atoms with Crippen LogP contribution >= 0.6 is 79.4 Å². The van der Waals surface area contributed by atoms with Crippen LogP contribution in [0.1, 0.15) is 20.7 Å². The Hall–Kier alpha value is 0.190. The van der Waals surface area contributed by atoms with Gasteiger partial charge in [0.05, 0.1) is 43.2 Å². The summed E-state index contributed by atoms with van der Waals surface area (Å²) in [7, 11) is 1.36. The molecule has 12 heteroatoms. The zero-order chi connectivity index (χ0) is 20.0. The van der Waals surface area contributed by atoms with E-state index in [1.54, 1.807) is 0 Å². The van der Waals surface area contributed by atoms with Crippen molar-refractivity contribution in [3.63, 3.8) is 0 Å². The minimum atomic E-state index is -0.866. The fourth-order valence-electron chi connectivity index (χ4n) is 1.86. The lowest BCUT2D eigenvalue weighted by Crippen LogP contribution is -2.41. The maximum atomic E-state index is 12.6. The van der Waals surface area contributed by atoms with Crippen molar-refractivity contribution in [1.82, 2.24) is 5.32 Å². The van der Waals surface area contributed by atoms with Gasteiger partial charge >= 0.3 is 0 Å². The standard InChI is InChI=1S/C14H14ClI3N2O6/c1-26-4-6(23)20-12-10(17)7(13(15)24)9(16)8(11(12)18)14(25)19-5(2-21)3-22/h5,21-22H,2-4H2,1H3,(H,19,25)(H,20,23). The van der Waals surface area contributed by atoms with Gasteiger partial charge in [-0.2, -0.15) is 0 Å². The summed E-state index contributed by atoms with van der Waals surface area (Å²) in [5, 5.41) is 22.6. The second kappa shape index (κ2) is 11.3. The quantitative estimate of drug-likeness (QED) is 0.239. The highest BCUT2D eigenvalue weighted by molar-refractivity contribution is 14.1. The minimum absolute atomic E-state index is 0.0793. The van der Waals surface area contributed by atoms with E-state index < -0.39 is 36.3 Å². The number of nitrogens with one attached hydrogen (secondary N) is 2. The Balaban J connectivity index is 3.54. The summed E-state index contributed by atoms with van der Waals surface area (Å²) in [6, 6.07) is -0.866. The number of anilines is 1. The zero-order valence-corrected chi connectivity index (χ0v) is 20.5. The molecular formula is C14H14ClI3N2O6. The van der Waals surface area contributed by atoms with Crippen molar-refractivity contribution in [2.75, 3.05) is 32.2 Å². The number of carbonyl (C=O) groups is 3. The maximum Gasteiger partial charge on any atom is 0.254 e. The van der Waals surface area contributed by atoms with Gasteiger partial charge in [0.1, 0.15) is 6.61 Å². The van der Waals surface area contributed by atoms with Crippen molar-refractivity contribution in [1.29, 1.82) is 0 Å². The molecule has 0 atom stereocenters. The van der Waals surface area contributed by atoms with Crippen molar-refractivity contribution in [3.05, 3.63) is 21.8 Å². The third-order valence-corrected chi connectivity index (χ3v) is 6.48. The molecule has 0 heterocycles. The van der Waals surface area contributed by atoms with Gasteiger partial charge < -0.3 is 25.6 Å². The summed E-state index contributed by atoms with van der Waals surface area (Å²) in [5.74, 6) is -1.09. The van der Waals surface area contributed by atoms with E-state index in [0.29, 0.717) is 10.7 Å². The van der Waals surface area contributed by atoms with Crippen LogP contribution in [0.15, 0.2) is 0 Å². The highest BCUT2D eigenvalue weighted by Crippen LogP contribution is 2.36. The van der Waals surface area contributed by atoms with Gasteiger partial charge in [-0.3, -0.25) is 14.4 Å². The molecule has 1 aromatic rings. The number of aliphatic hydroxyl groups is 2. The first-order valence-corrected chi connectivity index (χ1v) is 10.5. The number of rotatable bonds is 8. The lowest BCUT2D eigenvalue weighted by atomic mass is 10.1. The molecule has 0 radical (unpaired) electrons. The van der Waals surface area contributed by atoms with E-state index in [4.69, 9.17) is 26.6 Å². The molecule has 26 heavy (non-hydrogen) atoms. The lowest BCUT2D eigenvalue weighted by molar-refractivity contribution is -0.119. The third kappa shape index (κ3) is 5.84. The van der Waals surface area contributed by atoms with E-state index >= 15 is 0 Å². The number of hydrogen-bond acceptors (Lipinski definition) is 6. The van der Waals surface area contributed by atoms with Crippen LogP contribution in [0.3, 0.4) is 0 Å². The first-order valence-electron chi connectivity index (χ1n) is 6.91. The van der Waals surface area contributed by atoms with Crippen LogP contribution in [-0.2, 0) is 9.53 Å². The molecule has 0 aliphatic carbocycles. The molecule has 0 saturated heterocycles. The number of halogens is 4. The van der Waals surface area contributed by atoms with Gasteiger partial charge in [-0.1, -0.05) is 0 Å². The molecule has 0 aliphatic heterocycles. The van der Waals surface area contributed by atoms with Crippen molar-refractivity contribution >= 4 is 102 Å². The van der Waals surface area contributed by atoms with E-state index in [1.165, 1.54) is 7.11 Å². The van der Waals surface area contributed by atoms with E-state index in [0.717, 1.165) is 0 Å². The SMILES string of the molecule is COCC(=O)Nc1c(I)c(C(=O)Cl)c(I)c(C(=O)NC(CO)CO)c1I. The summed E-state index contributed by atoms with van der Waals surface area (Å²) in [6.07, 6.45) is 0. The molecule has 4 N–H and O–H groups in total. The fourth-order valence-corrected chi connectivity index (χ4v) is 6.78. The zero-order valence-electron chi connectivity index (χ0n) is 13.2. The highest BCUT2D eigenvalue weighted by atomic mass is 127. The van der Waals surface area contributed by atoms with Gasteiger partial charge in [-0.15, -0.1) is 0 Å². The number of ether oxygens (including phenoxy) is 1. The van der Waals surface area contributed by atoms with Gasteiger partial charge in [0.15, 0.2) is 0 Å². The highest BCUT2D eigenvalue weighted by Gasteiger charge is 2.28. The maximum absolute atomic E-state index is 12.6. The Labute approximate surface area is 195 Å². The first kappa shape index (κ1) is 24.2. The summed E-state index contributed by atoms with van der Waals surface area (Å²) >= 11 is 11.2. The van der Waals surface area contributed by atoms with E-state index in [1.807, 2.05) is 67.8 Å². The second-order valence-corrected chi connectivity index (χ2v) is 8.44. The normalized spacial score (nSPS) is 10.8. The van der Waals surface area contributed by atoms with Crippen molar-refractivity contribution in [3.8, 4) is 0 Å². The molecular weight excluding hydrogens is 708 g/mol. The fraction of sp³-hybridized carbons (Fsp3) is 0.357. The Morgan fingerprint density at radius 1 is 1.08 bits per heavy atom. The van der Waals surface area contributed by atoms with E-state index in [2.05, 4.69) is 10.6 Å². The van der Waals surface area contributed by atoms with Crippen LogP contribution in [0.2, 0.25) is 0 Å². The van der Waals surface area contributed by atoms with Gasteiger partial charge in [-0.05, 0) is 79.4 Å². The molecule has 2 amide bonds. The summed E-state index contributed by atoms with van der Waals surface area (Å²) < 4.78 is 5.84. The molecule has 8 nitrogen and oxygen atoms in total. The van der Waals surface area contributed by atoms with Crippen LogP contribution in [-0.4, -0.2) is 60.2 Å². The van der Waals surface area contributed by atoms with E-state index in [9.17, 15) is 14.4 Å². The van der Waals surface area contributed by atoms with Gasteiger partial charge in [0.25, 0.3) is 11.1 Å². The molecule has 1 rings (SSSR count). The Morgan fingerprint density at radius 2 is 1.62 bits per heavy atom. The van der Waals surface area contributed by atoms with Crippen LogP contribution < -0.4 is 10.6 Å². The van der Waals surface area contributed by atoms with E-state index in [-0.39, 0.29) is 23.4 Å². The number of carbonyl (C=O) groups excluding carboxylic acids is 3. The van der Waals surface area contributed by atoms with Gasteiger partial charge in [-0.25, -0.2) is 0 Å². The van der Waals surface area contributed by atoms with Crippen molar-refractivity contribution in [2.24, 2.45) is 0 Å². The lowest BCUT2D eigenvalue weighted by Gasteiger charge is -2.20. The number of aliphatic hydroxyl groups excluding tert-OH is 2. The molecule has 0 saturated carbocycles. The smallest absolute Gasteiger partial charge is 0.254 e. The molecule has 0 bridgehead atoms. The van der Waals surface area contributed by atoms with Gasteiger partial charge in [0.2, 0.25) is 5.91 Å². The average Bonchev–Trinajstić information content (AvgIpc) is 2.56. The molecule has 0 fully saturated rings. The van der Waals surface area contributed by atoms with Crippen molar-refractivity contribution in [2.45, 2.75) is 6.04 Å². The molecule has 0 spiro atoms. The molecule has 144 valence electrons. The number of hydrogen-bond donors (Lipinski definition) is 4. The molecule has 1 aromatic carbocycles. The number of benzene rings is 1. The van der Waals surface area contributed by atoms with Gasteiger partial charge in [0, 0.05) is 10.7 Å². The van der Waals surface area contributed by atoms with Crippen LogP contribution in [0.25, 0.3) is 0 Å². The molecule has 0 aliphatic rings. The predicted octanol–water partition coefficient (Wildman–Crippen LogP) is 1.55. The monoisotopic (exact) mass is 722 g/mol. The summed E-state index contributed by atoms with van der Waals surface area (Å²) in [5.41, 5.74) is 0.443. The predicted molar refractivity (Wildman–Crippen MR) is 121 cm³/mol. The number of amides is 2. The van der Waals surface area contributed by atoms with Crippen molar-refractivity contribution < 1.29 is 29.3 Å². The van der Waals surface area contributed by atoms with Crippen LogP contribution in [0, 0.1) is 10.7 Å². The minimum Gasteiger partial charge on any atom is -0.394 e. The number of methoxy groups -OCH3 is 1. The van der Waals surface area contributed by atoms with Crippen LogP contribution in [0.5, 0.6) is 0 Å². The Morgan fingerprint density at radius 3 is 2.08 bits per heavy atom. The molecule has 0 aromatic heterocycles. The summed E-state index contributed by atoms with van der Waals surface area (Å²) in [4.78, 5) is 36.4. The Bertz CT molecular complexity index is 727. The molecule has 0 unspecified atom stereocenters. The second-order valence-electron chi connectivity index (χ2n) is 4.86. The Kier molecular flexibility index (Phi) is 10.5. The topological polar surface area (TPSA) is 125 Å². The summed E-state index contributed by atoms with van der Waals surface area (Å²) in [6.45, 7) is -1.13. The van der Waals surface area contributed by atoms with Crippen LogP contribution in [0.4, 0.5) is 5.69 Å². The third-order valence-electron chi connectivity index (χ3n) is 3.06. The average molecular weight is 722 g/mol. The first-order chi connectivity index (χ1) is 12.2.